The number of hydrogen-bond donors (Lipinski definition) is 1. The second-order valence-electron chi connectivity index (χ2n) is 5.40. The molecule has 0 atom stereocenters. The number of carbonyl (C=O) groups is 1. The van der Waals surface area contributed by atoms with Gasteiger partial charge in [0.1, 0.15) is 0 Å². The molecule has 24 heavy (non-hydrogen) atoms. The van der Waals surface area contributed by atoms with Gasteiger partial charge in [-0.1, -0.05) is 29.8 Å². The maximum absolute atomic E-state index is 12.4. The van der Waals surface area contributed by atoms with Crippen molar-refractivity contribution >= 4 is 23.3 Å². The van der Waals surface area contributed by atoms with Crippen molar-refractivity contribution in [2.45, 2.75) is 13.5 Å². The van der Waals surface area contributed by atoms with Crippen LogP contribution >= 0.6 is 11.6 Å². The highest BCUT2D eigenvalue weighted by Crippen LogP contribution is 2.31. The Morgan fingerprint density at radius 2 is 1.96 bits per heavy atom. The van der Waals surface area contributed by atoms with Crippen LogP contribution in [0.25, 0.3) is 0 Å². The van der Waals surface area contributed by atoms with E-state index in [0.717, 1.165) is 11.1 Å². The predicted molar refractivity (Wildman–Crippen MR) is 96.2 cm³/mol. The van der Waals surface area contributed by atoms with Crippen LogP contribution < -0.4 is 14.8 Å². The molecule has 5 nitrogen and oxygen atoms in total. The van der Waals surface area contributed by atoms with E-state index in [9.17, 15) is 4.79 Å². The molecule has 0 saturated heterocycles. The van der Waals surface area contributed by atoms with Crippen molar-refractivity contribution in [3.63, 3.8) is 0 Å². The molecular formula is C18H21ClN2O3. The monoisotopic (exact) mass is 348 g/mol. The molecule has 6 heteroatoms. The summed E-state index contributed by atoms with van der Waals surface area (Å²) in [4.78, 5) is 13.9. The normalized spacial score (nSPS) is 10.2. The first-order chi connectivity index (χ1) is 11.5. The molecule has 1 N–H and O–H groups in total. The standard InChI is InChI=1S/C18H21ClN2O3/c1-12-8-9-14(10-15(12)19)20-18(22)21(2)11-13-6-5-7-16(23-3)17(13)24-4/h5-10H,11H2,1-4H3,(H,20,22). The lowest BCUT2D eigenvalue weighted by Gasteiger charge is -2.20. The van der Waals surface area contributed by atoms with Crippen molar-refractivity contribution in [3.8, 4) is 11.5 Å². The second-order valence-corrected chi connectivity index (χ2v) is 5.81. The number of amides is 2. The van der Waals surface area contributed by atoms with E-state index in [1.54, 1.807) is 32.2 Å². The van der Waals surface area contributed by atoms with Crippen LogP contribution in [0.1, 0.15) is 11.1 Å². The molecule has 2 aromatic carbocycles. The van der Waals surface area contributed by atoms with Crippen molar-refractivity contribution < 1.29 is 14.3 Å². The van der Waals surface area contributed by atoms with Gasteiger partial charge in [0.2, 0.25) is 0 Å². The lowest BCUT2D eigenvalue weighted by Crippen LogP contribution is -2.31. The molecule has 0 aliphatic heterocycles. The smallest absolute Gasteiger partial charge is 0.321 e. The number of anilines is 1. The molecule has 128 valence electrons. The third kappa shape index (κ3) is 4.11. The van der Waals surface area contributed by atoms with Gasteiger partial charge in [-0.25, -0.2) is 4.79 Å². The Morgan fingerprint density at radius 3 is 2.58 bits per heavy atom. The van der Waals surface area contributed by atoms with Crippen LogP contribution in [-0.4, -0.2) is 32.2 Å². The highest BCUT2D eigenvalue weighted by molar-refractivity contribution is 6.31. The Kier molecular flexibility index (Phi) is 5.93. The van der Waals surface area contributed by atoms with Crippen molar-refractivity contribution in [2.75, 3.05) is 26.6 Å². The number of nitrogens with zero attached hydrogens (tertiary/aromatic N) is 1. The predicted octanol–water partition coefficient (Wildman–Crippen LogP) is 4.33. The molecular weight excluding hydrogens is 328 g/mol. The van der Waals surface area contributed by atoms with E-state index >= 15 is 0 Å². The summed E-state index contributed by atoms with van der Waals surface area (Å²) in [7, 11) is 4.87. The Balaban J connectivity index is 2.10. The molecule has 0 aromatic heterocycles. The lowest BCUT2D eigenvalue weighted by molar-refractivity contribution is 0.220. The maximum atomic E-state index is 12.4. The van der Waals surface area contributed by atoms with E-state index in [4.69, 9.17) is 21.1 Å². The number of halogens is 1. The van der Waals surface area contributed by atoms with Crippen LogP contribution in [0.4, 0.5) is 10.5 Å². The average molecular weight is 349 g/mol. The zero-order valence-corrected chi connectivity index (χ0v) is 15.0. The summed E-state index contributed by atoms with van der Waals surface area (Å²) in [5.74, 6) is 1.26. The van der Waals surface area contributed by atoms with Crippen molar-refractivity contribution in [3.05, 3.63) is 52.5 Å². The van der Waals surface area contributed by atoms with Gasteiger partial charge in [-0.05, 0) is 30.7 Å². The van der Waals surface area contributed by atoms with Gasteiger partial charge in [0.05, 0.1) is 20.8 Å². The van der Waals surface area contributed by atoms with Crippen LogP contribution in [0, 0.1) is 6.92 Å². The maximum Gasteiger partial charge on any atom is 0.321 e. The minimum Gasteiger partial charge on any atom is -0.493 e. The number of benzene rings is 2. The zero-order valence-electron chi connectivity index (χ0n) is 14.2. The third-order valence-corrected chi connectivity index (χ3v) is 4.07. The Morgan fingerprint density at radius 1 is 1.21 bits per heavy atom. The van der Waals surface area contributed by atoms with E-state index < -0.39 is 0 Å². The number of ether oxygens (including phenoxy) is 2. The molecule has 0 unspecified atom stereocenters. The molecule has 0 bridgehead atoms. The Labute approximate surface area is 147 Å². The third-order valence-electron chi connectivity index (χ3n) is 3.66. The summed E-state index contributed by atoms with van der Waals surface area (Å²) >= 11 is 6.08. The molecule has 0 saturated carbocycles. The number of urea groups is 1. The van der Waals surface area contributed by atoms with Crippen LogP contribution in [0.2, 0.25) is 5.02 Å². The number of aryl methyl sites for hydroxylation is 1. The minimum absolute atomic E-state index is 0.236. The van der Waals surface area contributed by atoms with Gasteiger partial charge in [-0.2, -0.15) is 0 Å². The van der Waals surface area contributed by atoms with Crippen LogP contribution in [0.3, 0.4) is 0 Å². The van der Waals surface area contributed by atoms with Crippen molar-refractivity contribution in [1.29, 1.82) is 0 Å². The molecule has 0 heterocycles. The molecule has 2 amide bonds. The van der Waals surface area contributed by atoms with Gasteiger partial charge in [0.25, 0.3) is 0 Å². The highest BCUT2D eigenvalue weighted by Gasteiger charge is 2.15. The SMILES string of the molecule is COc1cccc(CN(C)C(=O)Nc2ccc(C)c(Cl)c2)c1OC. The van der Waals surface area contributed by atoms with Crippen LogP contribution in [0.15, 0.2) is 36.4 Å². The van der Waals surface area contributed by atoms with Gasteiger partial charge < -0.3 is 19.7 Å². The van der Waals surface area contributed by atoms with Gasteiger partial charge >= 0.3 is 6.03 Å². The number of rotatable bonds is 5. The first-order valence-electron chi connectivity index (χ1n) is 7.44. The van der Waals surface area contributed by atoms with Gasteiger partial charge in [-0.3, -0.25) is 0 Å². The van der Waals surface area contributed by atoms with Crippen LogP contribution in [0.5, 0.6) is 11.5 Å². The molecule has 0 aliphatic rings. The summed E-state index contributed by atoms with van der Waals surface area (Å²) in [5.41, 5.74) is 2.47. The highest BCUT2D eigenvalue weighted by atomic mass is 35.5. The fourth-order valence-electron chi connectivity index (χ4n) is 2.30. The van der Waals surface area contributed by atoms with E-state index in [1.165, 1.54) is 0 Å². The topological polar surface area (TPSA) is 50.8 Å². The summed E-state index contributed by atoms with van der Waals surface area (Å²) in [6.07, 6.45) is 0. The lowest BCUT2D eigenvalue weighted by atomic mass is 10.1. The summed E-state index contributed by atoms with van der Waals surface area (Å²) in [6.45, 7) is 2.29. The van der Waals surface area contributed by atoms with E-state index in [0.29, 0.717) is 28.8 Å². The van der Waals surface area contributed by atoms with Crippen molar-refractivity contribution in [2.24, 2.45) is 0 Å². The first kappa shape index (κ1) is 17.9. The molecule has 2 aromatic rings. The largest absolute Gasteiger partial charge is 0.493 e. The Hall–Kier alpha value is -2.40. The molecule has 2 rings (SSSR count). The molecule has 0 fully saturated rings. The zero-order chi connectivity index (χ0) is 17.7. The molecule has 0 spiro atoms. The number of methoxy groups -OCH3 is 2. The average Bonchev–Trinajstić information content (AvgIpc) is 2.57. The molecule has 0 radical (unpaired) electrons. The summed E-state index contributed by atoms with van der Waals surface area (Å²) < 4.78 is 10.7. The quantitative estimate of drug-likeness (QED) is 0.875. The van der Waals surface area contributed by atoms with E-state index in [2.05, 4.69) is 5.32 Å². The fourth-order valence-corrected chi connectivity index (χ4v) is 2.48. The van der Waals surface area contributed by atoms with Gasteiger partial charge in [-0.15, -0.1) is 0 Å². The van der Waals surface area contributed by atoms with Crippen LogP contribution in [-0.2, 0) is 6.54 Å². The van der Waals surface area contributed by atoms with E-state index in [-0.39, 0.29) is 6.03 Å². The van der Waals surface area contributed by atoms with Crippen molar-refractivity contribution in [1.82, 2.24) is 4.90 Å². The number of carbonyl (C=O) groups excluding carboxylic acids is 1. The fraction of sp³-hybridized carbons (Fsp3) is 0.278. The summed E-state index contributed by atoms with van der Waals surface area (Å²) in [5, 5.41) is 3.44. The first-order valence-corrected chi connectivity index (χ1v) is 7.82. The Bertz CT molecular complexity index is 734. The van der Waals surface area contributed by atoms with Gasteiger partial charge in [0.15, 0.2) is 11.5 Å². The summed E-state index contributed by atoms with van der Waals surface area (Å²) in [6, 6.07) is 10.8. The van der Waals surface area contributed by atoms with Gasteiger partial charge in [0, 0.05) is 23.3 Å². The second kappa shape index (κ2) is 7.93. The number of nitrogens with one attached hydrogen (secondary N) is 1. The molecule has 0 aliphatic carbocycles. The number of para-hydroxylation sites is 1. The minimum atomic E-state index is -0.236. The van der Waals surface area contributed by atoms with E-state index in [1.807, 2.05) is 37.3 Å². The number of hydrogen-bond acceptors (Lipinski definition) is 3.